The van der Waals surface area contributed by atoms with Crippen molar-refractivity contribution in [3.8, 4) is 23.8 Å². The van der Waals surface area contributed by atoms with Gasteiger partial charge in [-0.05, 0) is 46.6 Å². The lowest BCUT2D eigenvalue weighted by Gasteiger charge is -2.25. The number of nitrogens with zero attached hydrogens (tertiary/aromatic N) is 1. The lowest BCUT2D eigenvalue weighted by Crippen LogP contribution is -2.54. The monoisotopic (exact) mass is 485 g/mol. The molecule has 2 N–H and O–H groups in total. The molecule has 1 saturated heterocycles. The van der Waals surface area contributed by atoms with Crippen LogP contribution < -0.4 is 20.1 Å². The molecule has 8 nitrogen and oxygen atoms in total. The van der Waals surface area contributed by atoms with Crippen LogP contribution in [0.5, 0.6) is 11.5 Å². The van der Waals surface area contributed by atoms with E-state index in [1.165, 1.54) is 7.11 Å². The number of halogens is 1. The van der Waals surface area contributed by atoms with Crippen LogP contribution in [0.3, 0.4) is 0 Å². The zero-order valence-corrected chi connectivity index (χ0v) is 18.4. The summed E-state index contributed by atoms with van der Waals surface area (Å²) in [5.41, 5.74) is 0.336. The average molecular weight is 486 g/mol. The van der Waals surface area contributed by atoms with Crippen LogP contribution in [0.15, 0.2) is 40.9 Å². The number of benzene rings is 2. The number of carbonyl (C=O) groups excluding carboxylic acids is 1. The predicted octanol–water partition coefficient (Wildman–Crippen LogP) is 3.04. The lowest BCUT2D eigenvalue weighted by atomic mass is 9.78. The summed E-state index contributed by atoms with van der Waals surface area (Å²) in [5.74, 6) is 2.17. The first kappa shape index (κ1) is 21.2. The second kappa shape index (κ2) is 7.87. The molecule has 0 unspecified atom stereocenters. The molecule has 2 heterocycles. The number of anilines is 1. The third-order valence-electron chi connectivity index (χ3n) is 5.90. The van der Waals surface area contributed by atoms with Crippen LogP contribution in [0, 0.1) is 22.5 Å². The predicted molar refractivity (Wildman–Crippen MR) is 118 cm³/mol. The van der Waals surface area contributed by atoms with E-state index in [0.29, 0.717) is 32.8 Å². The van der Waals surface area contributed by atoms with E-state index < -0.39 is 23.4 Å². The minimum Gasteiger partial charge on any atom is -0.493 e. The van der Waals surface area contributed by atoms with Gasteiger partial charge in [0.1, 0.15) is 6.61 Å². The number of carbonyl (C=O) groups is 1. The maximum atomic E-state index is 13.1. The van der Waals surface area contributed by atoms with Gasteiger partial charge in [-0.25, -0.2) is 0 Å². The average Bonchev–Trinajstić information content (AvgIpc) is 3.21. The molecule has 9 heteroatoms. The van der Waals surface area contributed by atoms with Gasteiger partial charge >= 0.3 is 0 Å². The number of nitrogens with one attached hydrogen (secondary N) is 2. The van der Waals surface area contributed by atoms with E-state index in [2.05, 4.69) is 32.5 Å². The van der Waals surface area contributed by atoms with Crippen LogP contribution in [-0.4, -0.2) is 36.6 Å². The van der Waals surface area contributed by atoms with Crippen molar-refractivity contribution >= 4 is 27.5 Å². The van der Waals surface area contributed by atoms with Crippen LogP contribution in [0.25, 0.3) is 0 Å². The first-order valence-electron chi connectivity index (χ1n) is 9.61. The molecule has 1 spiro atoms. The highest BCUT2D eigenvalue weighted by molar-refractivity contribution is 9.10. The SMILES string of the molecule is C#CCOc1c(Br)cc([C@@H]2[C@H](C)N[C@]3(C(=O)Nc4ccccc43)[C@H]2[N+](=O)[O-])cc1OC. The molecule has 2 aliphatic heterocycles. The zero-order valence-electron chi connectivity index (χ0n) is 16.8. The van der Waals surface area contributed by atoms with Crippen molar-refractivity contribution in [1.82, 2.24) is 5.32 Å². The molecule has 0 aliphatic carbocycles. The number of ether oxygens (including phenoxy) is 2. The Kier molecular flexibility index (Phi) is 5.37. The maximum absolute atomic E-state index is 13.1. The van der Waals surface area contributed by atoms with Crippen molar-refractivity contribution in [2.24, 2.45) is 0 Å². The highest BCUT2D eigenvalue weighted by Crippen LogP contribution is 2.51. The van der Waals surface area contributed by atoms with Gasteiger partial charge in [-0.1, -0.05) is 24.1 Å². The largest absolute Gasteiger partial charge is 0.493 e. The van der Waals surface area contributed by atoms with Gasteiger partial charge in [0.15, 0.2) is 17.0 Å². The molecular weight excluding hydrogens is 466 g/mol. The molecule has 0 bridgehead atoms. The molecule has 2 aromatic carbocycles. The van der Waals surface area contributed by atoms with Gasteiger partial charge in [-0.3, -0.25) is 20.2 Å². The van der Waals surface area contributed by atoms with Crippen LogP contribution in [0.2, 0.25) is 0 Å². The second-order valence-corrected chi connectivity index (χ2v) is 8.38. The summed E-state index contributed by atoms with van der Waals surface area (Å²) in [6, 6.07) is 8.90. The number of terminal acetylenes is 1. The third-order valence-corrected chi connectivity index (χ3v) is 6.49. The Morgan fingerprint density at radius 1 is 1.35 bits per heavy atom. The van der Waals surface area contributed by atoms with Crippen LogP contribution in [0.1, 0.15) is 24.0 Å². The minimum absolute atomic E-state index is 0.0489. The minimum atomic E-state index is -1.47. The summed E-state index contributed by atoms with van der Waals surface area (Å²) in [6.07, 6.45) is 5.28. The summed E-state index contributed by atoms with van der Waals surface area (Å²) in [4.78, 5) is 25.1. The van der Waals surface area contributed by atoms with E-state index in [0.717, 1.165) is 0 Å². The van der Waals surface area contributed by atoms with Crippen molar-refractivity contribution in [2.45, 2.75) is 30.5 Å². The summed E-state index contributed by atoms with van der Waals surface area (Å²) < 4.78 is 11.6. The van der Waals surface area contributed by atoms with Crippen molar-refractivity contribution in [3.05, 3.63) is 62.1 Å². The maximum Gasteiger partial charge on any atom is 0.256 e. The smallest absolute Gasteiger partial charge is 0.256 e. The fourth-order valence-corrected chi connectivity index (χ4v) is 5.31. The van der Waals surface area contributed by atoms with E-state index in [1.54, 1.807) is 36.4 Å². The Morgan fingerprint density at radius 2 is 2.10 bits per heavy atom. The van der Waals surface area contributed by atoms with E-state index in [9.17, 15) is 14.9 Å². The Morgan fingerprint density at radius 3 is 2.77 bits per heavy atom. The summed E-state index contributed by atoms with van der Waals surface area (Å²) in [5, 5.41) is 18.4. The fraction of sp³-hybridized carbons (Fsp3) is 0.318. The molecule has 2 aliphatic rings. The van der Waals surface area contributed by atoms with Crippen LogP contribution in [-0.2, 0) is 10.3 Å². The van der Waals surface area contributed by atoms with Gasteiger partial charge in [-0.15, -0.1) is 6.42 Å². The topological polar surface area (TPSA) is 103 Å². The number of amides is 1. The van der Waals surface area contributed by atoms with E-state index in [-0.39, 0.29) is 17.6 Å². The second-order valence-electron chi connectivity index (χ2n) is 7.52. The fourth-order valence-electron chi connectivity index (χ4n) is 4.74. The first-order valence-corrected chi connectivity index (χ1v) is 10.4. The van der Waals surface area contributed by atoms with Crippen molar-refractivity contribution < 1.29 is 19.2 Å². The molecular formula is C22H20BrN3O5. The van der Waals surface area contributed by atoms with Gasteiger partial charge in [0.25, 0.3) is 11.9 Å². The Bertz CT molecular complexity index is 1110. The highest BCUT2D eigenvalue weighted by atomic mass is 79.9. The van der Waals surface area contributed by atoms with Crippen molar-refractivity contribution in [2.75, 3.05) is 19.0 Å². The highest BCUT2D eigenvalue weighted by Gasteiger charge is 2.67. The molecule has 0 radical (unpaired) electrons. The Hall–Kier alpha value is -3.09. The molecule has 4 atom stereocenters. The van der Waals surface area contributed by atoms with E-state index >= 15 is 0 Å². The van der Waals surface area contributed by atoms with Gasteiger partial charge in [0.2, 0.25) is 0 Å². The molecule has 160 valence electrons. The molecule has 2 aromatic rings. The first-order chi connectivity index (χ1) is 14.8. The number of para-hydroxylation sites is 1. The van der Waals surface area contributed by atoms with Gasteiger partial charge < -0.3 is 14.8 Å². The van der Waals surface area contributed by atoms with Crippen LogP contribution in [0.4, 0.5) is 5.69 Å². The Balaban J connectivity index is 1.85. The number of nitro groups is 1. The molecule has 1 fully saturated rings. The normalized spacial score (nSPS) is 26.3. The molecule has 4 rings (SSSR count). The summed E-state index contributed by atoms with van der Waals surface area (Å²) in [7, 11) is 1.48. The molecule has 0 saturated carbocycles. The van der Waals surface area contributed by atoms with Crippen molar-refractivity contribution in [3.63, 3.8) is 0 Å². The number of methoxy groups -OCH3 is 1. The third kappa shape index (κ3) is 3.14. The molecule has 1 amide bonds. The van der Waals surface area contributed by atoms with E-state index in [4.69, 9.17) is 15.9 Å². The zero-order chi connectivity index (χ0) is 22.3. The van der Waals surface area contributed by atoms with Gasteiger partial charge in [0, 0.05) is 22.2 Å². The van der Waals surface area contributed by atoms with E-state index in [1.807, 2.05) is 6.92 Å². The summed E-state index contributed by atoms with van der Waals surface area (Å²) in [6.45, 7) is 1.89. The standard InChI is InChI=1S/C22H20BrN3O5/c1-4-9-31-19-15(23)10-13(11-17(19)30-3)18-12(2)25-22(20(18)26(28)29)14-7-5-6-8-16(14)24-21(22)27/h1,5-8,10-12,18,20,25H,9H2,2-3H3,(H,24,27)/t12-,18-,20-,22-/m0/s1. The number of hydrogen-bond acceptors (Lipinski definition) is 6. The summed E-state index contributed by atoms with van der Waals surface area (Å²) >= 11 is 3.46. The quantitative estimate of drug-likeness (QED) is 0.383. The lowest BCUT2D eigenvalue weighted by molar-refractivity contribution is -0.532. The molecule has 0 aromatic heterocycles. The molecule has 31 heavy (non-hydrogen) atoms. The Labute approximate surface area is 187 Å². The number of fused-ring (bicyclic) bond motifs is 2. The number of hydrogen-bond donors (Lipinski definition) is 2. The van der Waals surface area contributed by atoms with Gasteiger partial charge in [0.05, 0.1) is 17.5 Å². The number of rotatable bonds is 5. The van der Waals surface area contributed by atoms with Crippen molar-refractivity contribution in [1.29, 1.82) is 0 Å². The van der Waals surface area contributed by atoms with Crippen LogP contribution >= 0.6 is 15.9 Å². The van der Waals surface area contributed by atoms with Gasteiger partial charge in [-0.2, -0.15) is 0 Å².